The normalized spacial score (nSPS) is 15.1. The summed E-state index contributed by atoms with van der Waals surface area (Å²) in [7, 11) is 1.68. The van der Waals surface area contributed by atoms with E-state index in [1.807, 2.05) is 18.2 Å². The Morgan fingerprint density at radius 3 is 3.00 bits per heavy atom. The Balaban J connectivity index is 2.19. The minimum absolute atomic E-state index is 0.521. The first-order chi connectivity index (χ1) is 8.33. The van der Waals surface area contributed by atoms with E-state index in [0.717, 1.165) is 16.9 Å². The van der Waals surface area contributed by atoms with Gasteiger partial charge in [-0.2, -0.15) is 5.26 Å². The van der Waals surface area contributed by atoms with E-state index in [1.165, 1.54) is 12.8 Å². The summed E-state index contributed by atoms with van der Waals surface area (Å²) in [6.45, 7) is 0.521. The Morgan fingerprint density at radius 2 is 2.35 bits per heavy atom. The molecule has 3 rings (SSSR count). The first-order valence-corrected chi connectivity index (χ1v) is 5.73. The summed E-state index contributed by atoms with van der Waals surface area (Å²) in [6.07, 6.45) is 2.42. The van der Waals surface area contributed by atoms with Crippen LogP contribution in [-0.4, -0.2) is 16.7 Å². The first-order valence-electron chi connectivity index (χ1n) is 5.73. The lowest BCUT2D eigenvalue weighted by atomic mass is 10.2. The number of imidazole rings is 1. The van der Waals surface area contributed by atoms with E-state index in [9.17, 15) is 0 Å². The lowest BCUT2D eigenvalue weighted by molar-refractivity contribution is 0.174. The number of hydrogen-bond acceptors (Lipinski definition) is 3. The predicted molar refractivity (Wildman–Crippen MR) is 63.4 cm³/mol. The molecule has 0 saturated heterocycles. The Bertz CT molecular complexity index is 605. The van der Waals surface area contributed by atoms with Gasteiger partial charge in [0.15, 0.2) is 0 Å². The van der Waals surface area contributed by atoms with Gasteiger partial charge in [0.05, 0.1) is 22.7 Å². The quantitative estimate of drug-likeness (QED) is 0.809. The summed E-state index contributed by atoms with van der Waals surface area (Å²) in [5, 5.41) is 8.89. The topological polar surface area (TPSA) is 50.8 Å². The number of hydrogen-bond donors (Lipinski definition) is 0. The van der Waals surface area contributed by atoms with Gasteiger partial charge in [0, 0.05) is 13.2 Å². The highest BCUT2D eigenvalue weighted by Gasteiger charge is 2.28. The monoisotopic (exact) mass is 227 g/mol. The Hall–Kier alpha value is -1.86. The zero-order valence-electron chi connectivity index (χ0n) is 9.68. The number of nitrogens with zero attached hydrogens (tertiary/aromatic N) is 3. The zero-order valence-corrected chi connectivity index (χ0v) is 9.68. The molecule has 1 saturated carbocycles. The molecule has 0 radical (unpaired) electrons. The van der Waals surface area contributed by atoms with Crippen LogP contribution < -0.4 is 0 Å². The lowest BCUT2D eigenvalue weighted by Crippen LogP contribution is -2.02. The van der Waals surface area contributed by atoms with E-state index in [0.29, 0.717) is 18.2 Å². The van der Waals surface area contributed by atoms with Crippen LogP contribution in [0, 0.1) is 11.3 Å². The SMILES string of the molecule is COCc1nc2cc(C#N)ccc2n1C1CC1. The third-order valence-electron chi connectivity index (χ3n) is 3.08. The number of ether oxygens (including phenoxy) is 1. The van der Waals surface area contributed by atoms with Gasteiger partial charge >= 0.3 is 0 Å². The molecule has 1 aromatic heterocycles. The van der Waals surface area contributed by atoms with Crippen molar-refractivity contribution in [2.24, 2.45) is 0 Å². The maximum atomic E-state index is 8.89. The fourth-order valence-corrected chi connectivity index (χ4v) is 2.19. The lowest BCUT2D eigenvalue weighted by Gasteiger charge is -2.06. The van der Waals surface area contributed by atoms with Crippen LogP contribution in [0.4, 0.5) is 0 Å². The molecule has 0 N–H and O–H groups in total. The second-order valence-electron chi connectivity index (χ2n) is 4.38. The van der Waals surface area contributed by atoms with Crippen molar-refractivity contribution >= 4 is 11.0 Å². The maximum absolute atomic E-state index is 8.89. The van der Waals surface area contributed by atoms with Crippen molar-refractivity contribution in [3.05, 3.63) is 29.6 Å². The highest BCUT2D eigenvalue weighted by molar-refractivity contribution is 5.78. The fourth-order valence-electron chi connectivity index (χ4n) is 2.19. The summed E-state index contributed by atoms with van der Waals surface area (Å²) in [6, 6.07) is 8.38. The summed E-state index contributed by atoms with van der Waals surface area (Å²) in [5.74, 6) is 0.958. The van der Waals surface area contributed by atoms with Gasteiger partial charge in [-0.25, -0.2) is 4.98 Å². The van der Waals surface area contributed by atoms with Gasteiger partial charge in [0.2, 0.25) is 0 Å². The summed E-state index contributed by atoms with van der Waals surface area (Å²) >= 11 is 0. The number of rotatable bonds is 3. The third-order valence-corrected chi connectivity index (χ3v) is 3.08. The van der Waals surface area contributed by atoms with E-state index < -0.39 is 0 Å². The number of fused-ring (bicyclic) bond motifs is 1. The van der Waals surface area contributed by atoms with Crippen LogP contribution in [0.1, 0.15) is 30.3 Å². The van der Waals surface area contributed by atoms with Crippen LogP contribution in [0.2, 0.25) is 0 Å². The molecule has 0 aliphatic heterocycles. The largest absolute Gasteiger partial charge is 0.377 e. The van der Waals surface area contributed by atoms with Crippen LogP contribution >= 0.6 is 0 Å². The molecule has 0 amide bonds. The first kappa shape index (κ1) is 10.3. The van der Waals surface area contributed by atoms with Crippen molar-refractivity contribution in [3.63, 3.8) is 0 Å². The molecule has 1 fully saturated rings. The van der Waals surface area contributed by atoms with Crippen LogP contribution in [0.15, 0.2) is 18.2 Å². The van der Waals surface area contributed by atoms with Crippen LogP contribution in [0.3, 0.4) is 0 Å². The second kappa shape index (κ2) is 3.86. The Labute approximate surface area is 99.4 Å². The fraction of sp³-hybridized carbons (Fsp3) is 0.385. The molecule has 1 aliphatic carbocycles. The summed E-state index contributed by atoms with van der Waals surface area (Å²) < 4.78 is 7.43. The van der Waals surface area contributed by atoms with Crippen molar-refractivity contribution in [1.82, 2.24) is 9.55 Å². The summed E-state index contributed by atoms with van der Waals surface area (Å²) in [4.78, 5) is 4.56. The molecule has 0 bridgehead atoms. The van der Waals surface area contributed by atoms with Crippen LogP contribution in [0.25, 0.3) is 11.0 Å². The van der Waals surface area contributed by atoms with Gasteiger partial charge < -0.3 is 9.30 Å². The molecule has 1 aromatic carbocycles. The highest BCUT2D eigenvalue weighted by atomic mass is 16.5. The van der Waals surface area contributed by atoms with Crippen LogP contribution in [-0.2, 0) is 11.3 Å². The smallest absolute Gasteiger partial charge is 0.136 e. The van der Waals surface area contributed by atoms with Crippen molar-refractivity contribution in [2.75, 3.05) is 7.11 Å². The van der Waals surface area contributed by atoms with Gasteiger partial charge in [-0.15, -0.1) is 0 Å². The standard InChI is InChI=1S/C13H13N3O/c1-17-8-13-15-11-6-9(7-14)2-5-12(11)16(13)10-3-4-10/h2,5-6,10H,3-4,8H2,1H3. The zero-order chi connectivity index (χ0) is 11.8. The molecule has 0 spiro atoms. The molecule has 0 unspecified atom stereocenters. The average molecular weight is 227 g/mol. The number of nitriles is 1. The molecule has 1 aliphatic rings. The number of benzene rings is 1. The molecule has 86 valence electrons. The highest BCUT2D eigenvalue weighted by Crippen LogP contribution is 2.38. The van der Waals surface area contributed by atoms with Gasteiger partial charge in [-0.1, -0.05) is 0 Å². The average Bonchev–Trinajstić information content (AvgIpc) is 3.11. The van der Waals surface area contributed by atoms with Gasteiger partial charge in [0.1, 0.15) is 12.4 Å². The Kier molecular flexibility index (Phi) is 2.34. The van der Waals surface area contributed by atoms with Crippen molar-refractivity contribution in [3.8, 4) is 6.07 Å². The van der Waals surface area contributed by atoms with Crippen molar-refractivity contribution in [1.29, 1.82) is 5.26 Å². The van der Waals surface area contributed by atoms with E-state index in [4.69, 9.17) is 10.00 Å². The van der Waals surface area contributed by atoms with E-state index >= 15 is 0 Å². The maximum Gasteiger partial charge on any atom is 0.136 e. The number of aromatic nitrogens is 2. The van der Waals surface area contributed by atoms with E-state index in [2.05, 4.69) is 15.6 Å². The van der Waals surface area contributed by atoms with Gasteiger partial charge in [-0.3, -0.25) is 0 Å². The molecule has 4 nitrogen and oxygen atoms in total. The molecule has 2 aromatic rings. The molecular formula is C13H13N3O. The van der Waals surface area contributed by atoms with Gasteiger partial charge in [-0.05, 0) is 31.0 Å². The number of methoxy groups -OCH3 is 1. The third kappa shape index (κ3) is 1.69. The molecule has 4 heteroatoms. The minimum atomic E-state index is 0.521. The second-order valence-corrected chi connectivity index (χ2v) is 4.38. The molecule has 17 heavy (non-hydrogen) atoms. The molecule has 0 atom stereocenters. The van der Waals surface area contributed by atoms with E-state index in [1.54, 1.807) is 7.11 Å². The summed E-state index contributed by atoms with van der Waals surface area (Å²) in [5.41, 5.74) is 2.66. The predicted octanol–water partition coefficient (Wildman–Crippen LogP) is 2.39. The van der Waals surface area contributed by atoms with Crippen molar-refractivity contribution < 1.29 is 4.74 Å². The van der Waals surface area contributed by atoms with Crippen molar-refractivity contribution in [2.45, 2.75) is 25.5 Å². The molecular weight excluding hydrogens is 214 g/mol. The van der Waals surface area contributed by atoms with Gasteiger partial charge in [0.25, 0.3) is 0 Å². The molecule has 1 heterocycles. The van der Waals surface area contributed by atoms with E-state index in [-0.39, 0.29) is 0 Å². The van der Waals surface area contributed by atoms with Crippen LogP contribution in [0.5, 0.6) is 0 Å². The Morgan fingerprint density at radius 1 is 1.53 bits per heavy atom. The minimum Gasteiger partial charge on any atom is -0.377 e.